The van der Waals surface area contributed by atoms with Crippen LogP contribution in [0.4, 0.5) is 0 Å². The molecule has 12 heteroatoms. The zero-order valence-corrected chi connectivity index (χ0v) is 31.1. The average Bonchev–Trinajstić information content (AvgIpc) is 3.66. The van der Waals surface area contributed by atoms with Crippen LogP contribution in [0.1, 0.15) is 87.5 Å². The number of cyclic esters (lactones) is 1. The van der Waals surface area contributed by atoms with Crippen LogP contribution in [0.3, 0.4) is 0 Å². The van der Waals surface area contributed by atoms with E-state index in [1.807, 2.05) is 46.7 Å². The van der Waals surface area contributed by atoms with E-state index >= 15 is 0 Å². The summed E-state index contributed by atoms with van der Waals surface area (Å²) in [6.07, 6.45) is -0.925. The summed E-state index contributed by atoms with van der Waals surface area (Å²) in [5.41, 5.74) is -2.04. The minimum absolute atomic E-state index is 0.0571. The van der Waals surface area contributed by atoms with Crippen molar-refractivity contribution in [2.75, 3.05) is 34.3 Å². The fraction of sp³-hybridized carbons (Fsp3) is 0.917. The standard InChI is InChI=1S/C36H63N3O9/c1-12-28-36(8)25(15-29(40)48-36)23(6)37-17-19(2)16-35(7,44-11)32(21(4)30(41)22(5)33(43)46-28)47-34-31(42)27(39(9)10)14-24(45-34)18-38-26-13-20(26)3/h19-28,31-32,34,37-38,42H,12-18H2,1-11H3/t19-,20-,21+,22?,23-,24?,25-,26-,27?,28-,31?,32-,34?,35-,36+/m1/s1. The molecule has 0 spiro atoms. The lowest BCUT2D eigenvalue weighted by molar-refractivity contribution is -0.297. The molecule has 4 rings (SSSR count). The lowest BCUT2D eigenvalue weighted by atomic mass is 9.78. The summed E-state index contributed by atoms with van der Waals surface area (Å²) in [5, 5.41) is 18.8. The van der Waals surface area contributed by atoms with Crippen molar-refractivity contribution in [2.45, 2.75) is 148 Å². The van der Waals surface area contributed by atoms with Crippen LogP contribution in [-0.2, 0) is 38.1 Å². The van der Waals surface area contributed by atoms with Crippen molar-refractivity contribution in [1.82, 2.24) is 15.5 Å². The van der Waals surface area contributed by atoms with Gasteiger partial charge in [0.2, 0.25) is 0 Å². The van der Waals surface area contributed by atoms with Gasteiger partial charge >= 0.3 is 11.9 Å². The van der Waals surface area contributed by atoms with Gasteiger partial charge in [0.1, 0.15) is 18.1 Å². The number of aliphatic hydroxyl groups is 1. The van der Waals surface area contributed by atoms with Crippen molar-refractivity contribution < 1.29 is 43.2 Å². The number of aliphatic hydroxyl groups excluding tert-OH is 1. The largest absolute Gasteiger partial charge is 0.458 e. The summed E-state index contributed by atoms with van der Waals surface area (Å²) >= 11 is 0. The molecule has 0 radical (unpaired) electrons. The van der Waals surface area contributed by atoms with Crippen LogP contribution in [0, 0.1) is 29.6 Å². The third kappa shape index (κ3) is 8.44. The summed E-state index contributed by atoms with van der Waals surface area (Å²) < 4.78 is 31.3. The number of rotatable bonds is 8. The second-order valence-electron chi connectivity index (χ2n) is 15.9. The van der Waals surface area contributed by atoms with Gasteiger partial charge in [-0.25, -0.2) is 0 Å². The SMILES string of the molecule is CC[C@H]1OC(=O)C(C)C(=O)[C@H](C)[C@@H](OC2OC(CN[C@@H]3C[C@H]3C)CC(N(C)C)C2O)[C@](C)(OC)C[C@@H](C)CN[C@H](C)[C@H]2CC(=O)O[C@@]21C. The number of esters is 2. The van der Waals surface area contributed by atoms with Gasteiger partial charge in [-0.3, -0.25) is 14.4 Å². The molecule has 12 nitrogen and oxygen atoms in total. The number of ketones is 1. The quantitative estimate of drug-likeness (QED) is 0.256. The first-order chi connectivity index (χ1) is 22.4. The molecule has 0 bridgehead atoms. The Bertz CT molecular complexity index is 1140. The van der Waals surface area contributed by atoms with Crippen molar-refractivity contribution in [1.29, 1.82) is 0 Å². The molecule has 3 heterocycles. The Morgan fingerprint density at radius 2 is 1.75 bits per heavy atom. The molecule has 0 aromatic carbocycles. The van der Waals surface area contributed by atoms with Crippen LogP contribution in [0.15, 0.2) is 0 Å². The highest BCUT2D eigenvalue weighted by atomic mass is 16.7. The average molecular weight is 682 g/mol. The predicted octanol–water partition coefficient (Wildman–Crippen LogP) is 2.68. The van der Waals surface area contributed by atoms with Crippen LogP contribution in [0.5, 0.6) is 0 Å². The number of carbonyl (C=O) groups is 3. The van der Waals surface area contributed by atoms with E-state index in [9.17, 15) is 19.5 Å². The molecule has 0 aromatic rings. The first-order valence-electron chi connectivity index (χ1n) is 18.1. The van der Waals surface area contributed by atoms with E-state index < -0.39 is 53.6 Å². The van der Waals surface area contributed by atoms with Crippen LogP contribution in [-0.4, -0.2) is 122 Å². The minimum atomic E-state index is -1.12. The van der Waals surface area contributed by atoms with Crippen molar-refractivity contribution >= 4 is 17.7 Å². The van der Waals surface area contributed by atoms with Gasteiger partial charge in [0.05, 0.1) is 24.2 Å². The fourth-order valence-corrected chi connectivity index (χ4v) is 8.34. The van der Waals surface area contributed by atoms with E-state index in [-0.39, 0.29) is 48.2 Å². The first-order valence-corrected chi connectivity index (χ1v) is 18.1. The molecule has 5 unspecified atom stereocenters. The molecule has 15 atom stereocenters. The van der Waals surface area contributed by atoms with Gasteiger partial charge in [0.15, 0.2) is 17.7 Å². The Kier molecular flexibility index (Phi) is 12.8. The third-order valence-electron chi connectivity index (χ3n) is 11.8. The van der Waals surface area contributed by atoms with Gasteiger partial charge in [-0.1, -0.05) is 27.7 Å². The van der Waals surface area contributed by atoms with Crippen molar-refractivity contribution in [3.63, 3.8) is 0 Å². The number of carbonyl (C=O) groups excluding carboxylic acids is 3. The number of likely N-dealkylation sites (N-methyl/N-ethyl adjacent to an activating group) is 1. The van der Waals surface area contributed by atoms with Crippen LogP contribution in [0.25, 0.3) is 0 Å². The van der Waals surface area contributed by atoms with Crippen LogP contribution < -0.4 is 10.6 Å². The van der Waals surface area contributed by atoms with Crippen molar-refractivity contribution in [3.8, 4) is 0 Å². The highest BCUT2D eigenvalue weighted by Gasteiger charge is 2.55. The molecule has 0 aromatic heterocycles. The summed E-state index contributed by atoms with van der Waals surface area (Å²) in [5.74, 6) is -2.86. The van der Waals surface area contributed by atoms with E-state index in [0.717, 1.165) is 6.42 Å². The van der Waals surface area contributed by atoms with Crippen LogP contribution in [0.2, 0.25) is 0 Å². The molecule has 1 aliphatic carbocycles. The van der Waals surface area contributed by atoms with E-state index in [0.29, 0.717) is 44.3 Å². The number of methoxy groups -OCH3 is 1. The molecule has 276 valence electrons. The monoisotopic (exact) mass is 681 g/mol. The number of hydrogen-bond donors (Lipinski definition) is 3. The predicted molar refractivity (Wildman–Crippen MR) is 180 cm³/mol. The van der Waals surface area contributed by atoms with E-state index in [1.165, 1.54) is 0 Å². The molecule has 0 amide bonds. The molecule has 4 fully saturated rings. The second kappa shape index (κ2) is 15.7. The van der Waals surface area contributed by atoms with Gasteiger partial charge in [0.25, 0.3) is 0 Å². The normalized spacial score (nSPS) is 46.4. The number of ether oxygens (including phenoxy) is 5. The molecule has 3 saturated heterocycles. The minimum Gasteiger partial charge on any atom is -0.458 e. The molecule has 48 heavy (non-hydrogen) atoms. The molecule has 4 aliphatic rings. The summed E-state index contributed by atoms with van der Waals surface area (Å²) in [7, 11) is 5.47. The third-order valence-corrected chi connectivity index (χ3v) is 11.8. The maximum Gasteiger partial charge on any atom is 0.316 e. The summed E-state index contributed by atoms with van der Waals surface area (Å²) in [6, 6.07) is 0.114. The molecule has 3 N–H and O–H groups in total. The Hall–Kier alpha value is -1.67. The van der Waals surface area contributed by atoms with Crippen molar-refractivity contribution in [3.05, 3.63) is 0 Å². The Labute approximate surface area is 287 Å². The number of nitrogens with zero attached hydrogens (tertiary/aromatic N) is 1. The smallest absolute Gasteiger partial charge is 0.316 e. The van der Waals surface area contributed by atoms with Gasteiger partial charge in [-0.15, -0.1) is 0 Å². The fourth-order valence-electron chi connectivity index (χ4n) is 8.34. The van der Waals surface area contributed by atoms with Gasteiger partial charge in [-0.05, 0) is 85.9 Å². The lowest BCUT2D eigenvalue weighted by Gasteiger charge is -2.47. The first kappa shape index (κ1) is 39.1. The maximum absolute atomic E-state index is 14.2. The number of hydrogen-bond acceptors (Lipinski definition) is 12. The van der Waals surface area contributed by atoms with E-state index in [1.54, 1.807) is 21.0 Å². The number of Topliss-reactive ketones (excluding diaryl/α,β-unsaturated/α-hetero) is 1. The van der Waals surface area contributed by atoms with E-state index in [2.05, 4.69) is 24.5 Å². The van der Waals surface area contributed by atoms with E-state index in [4.69, 9.17) is 23.7 Å². The van der Waals surface area contributed by atoms with Crippen LogP contribution >= 0.6 is 0 Å². The van der Waals surface area contributed by atoms with Gasteiger partial charge in [0, 0.05) is 43.6 Å². The summed E-state index contributed by atoms with van der Waals surface area (Å²) in [4.78, 5) is 42.5. The maximum atomic E-state index is 14.2. The highest BCUT2D eigenvalue weighted by Crippen LogP contribution is 2.42. The lowest BCUT2D eigenvalue weighted by Crippen LogP contribution is -2.60. The molecular formula is C36H63N3O9. The Morgan fingerprint density at radius 1 is 1.08 bits per heavy atom. The van der Waals surface area contributed by atoms with Crippen molar-refractivity contribution in [2.24, 2.45) is 29.6 Å². The second-order valence-corrected chi connectivity index (χ2v) is 15.9. The Balaban J connectivity index is 1.66. The topological polar surface area (TPSA) is 145 Å². The Morgan fingerprint density at radius 3 is 2.33 bits per heavy atom. The van der Waals surface area contributed by atoms with Gasteiger partial charge < -0.3 is 44.3 Å². The molecule has 3 aliphatic heterocycles. The summed E-state index contributed by atoms with van der Waals surface area (Å²) in [6.45, 7) is 16.5. The number of fused-ring (bicyclic) bond motifs is 1. The highest BCUT2D eigenvalue weighted by molar-refractivity contribution is 6.00. The molecule has 1 saturated carbocycles. The zero-order valence-electron chi connectivity index (χ0n) is 31.1. The molecular weight excluding hydrogens is 618 g/mol. The zero-order chi connectivity index (χ0) is 35.7. The number of nitrogens with one attached hydrogen (secondary N) is 2. The van der Waals surface area contributed by atoms with Gasteiger partial charge in [-0.2, -0.15) is 0 Å².